The fraction of sp³-hybridized carbons (Fsp3) is 0.125. The quantitative estimate of drug-likeness (QED) is 0.758. The van der Waals surface area contributed by atoms with Gasteiger partial charge in [-0.05, 0) is 29.9 Å². The van der Waals surface area contributed by atoms with Crippen LogP contribution in [0.3, 0.4) is 0 Å². The Labute approximate surface area is 126 Å². The number of dihydropyridines is 1. The molecule has 3 N–H and O–H groups in total. The zero-order chi connectivity index (χ0) is 15.7. The van der Waals surface area contributed by atoms with E-state index >= 15 is 0 Å². The maximum absolute atomic E-state index is 11.0. The molecule has 0 unspecified atom stereocenters. The lowest BCUT2D eigenvalue weighted by Crippen LogP contribution is -2.20. The number of carboxylic acid groups (broad SMARTS) is 1. The number of phenolic OH excluding ortho intramolecular Hbond substituents is 2. The Morgan fingerprint density at radius 2 is 2.09 bits per heavy atom. The molecule has 0 saturated carbocycles. The van der Waals surface area contributed by atoms with Gasteiger partial charge in [-0.2, -0.15) is 0 Å². The van der Waals surface area contributed by atoms with E-state index in [0.717, 1.165) is 16.5 Å². The SMILES string of the molecule is O=C(O)[C@@H]1CC(/C=C/n2ccc3cc(O)c(O)cc32)=CC=N1. The molecular weight excluding hydrogens is 284 g/mol. The minimum absolute atomic E-state index is 0.162. The van der Waals surface area contributed by atoms with Crippen LogP contribution in [0.25, 0.3) is 17.1 Å². The van der Waals surface area contributed by atoms with Crippen LogP contribution < -0.4 is 0 Å². The van der Waals surface area contributed by atoms with Gasteiger partial charge >= 0.3 is 5.97 Å². The third kappa shape index (κ3) is 2.58. The molecule has 6 nitrogen and oxygen atoms in total. The number of nitrogens with zero attached hydrogens (tertiary/aromatic N) is 2. The molecular formula is C16H14N2O4. The van der Waals surface area contributed by atoms with Crippen molar-refractivity contribution < 1.29 is 20.1 Å². The van der Waals surface area contributed by atoms with Crippen molar-refractivity contribution in [1.29, 1.82) is 0 Å². The summed E-state index contributed by atoms with van der Waals surface area (Å²) in [5.74, 6) is -1.29. The van der Waals surface area contributed by atoms with Crippen LogP contribution in [0, 0.1) is 0 Å². The molecule has 0 fully saturated rings. The first-order valence-corrected chi connectivity index (χ1v) is 6.70. The summed E-state index contributed by atoms with van der Waals surface area (Å²) >= 11 is 0. The zero-order valence-electron chi connectivity index (χ0n) is 11.5. The maximum Gasteiger partial charge on any atom is 0.328 e. The van der Waals surface area contributed by atoms with Crippen molar-refractivity contribution in [3.05, 3.63) is 42.1 Å². The minimum atomic E-state index is -0.943. The van der Waals surface area contributed by atoms with E-state index in [1.54, 1.807) is 23.0 Å². The molecule has 1 aromatic carbocycles. The number of carboxylic acids is 1. The normalized spacial score (nSPS) is 18.0. The summed E-state index contributed by atoms with van der Waals surface area (Å²) in [6.45, 7) is 0. The van der Waals surface area contributed by atoms with E-state index < -0.39 is 12.0 Å². The lowest BCUT2D eigenvalue weighted by atomic mass is 10.0. The van der Waals surface area contributed by atoms with Crippen LogP contribution in [0.1, 0.15) is 6.42 Å². The second-order valence-electron chi connectivity index (χ2n) is 5.04. The van der Waals surface area contributed by atoms with E-state index in [2.05, 4.69) is 4.99 Å². The van der Waals surface area contributed by atoms with Crippen LogP contribution in [0.5, 0.6) is 11.5 Å². The number of aromatic nitrogens is 1. The van der Waals surface area contributed by atoms with Crippen LogP contribution in [0.4, 0.5) is 0 Å². The molecule has 2 aromatic rings. The molecule has 6 heteroatoms. The van der Waals surface area contributed by atoms with E-state index in [0.29, 0.717) is 6.42 Å². The van der Waals surface area contributed by atoms with E-state index in [-0.39, 0.29) is 11.5 Å². The topological polar surface area (TPSA) is 95.0 Å². The van der Waals surface area contributed by atoms with Crippen LogP contribution >= 0.6 is 0 Å². The summed E-state index contributed by atoms with van der Waals surface area (Å²) in [5, 5.41) is 28.9. The van der Waals surface area contributed by atoms with Crippen LogP contribution in [-0.2, 0) is 4.79 Å². The molecule has 3 rings (SSSR count). The summed E-state index contributed by atoms with van der Waals surface area (Å²) < 4.78 is 1.79. The standard InChI is InChI=1S/C16H14N2O4/c19-14-8-11-3-6-18(13(11)9-15(14)20)5-2-10-1-4-17-12(7-10)16(21)22/h1-6,8-9,12,19-20H,7H2,(H,21,22)/b5-2+/t12-/m0/s1. The monoisotopic (exact) mass is 298 g/mol. The zero-order valence-corrected chi connectivity index (χ0v) is 11.5. The molecule has 1 aromatic heterocycles. The maximum atomic E-state index is 11.0. The molecule has 22 heavy (non-hydrogen) atoms. The van der Waals surface area contributed by atoms with Crippen molar-refractivity contribution in [2.24, 2.45) is 4.99 Å². The van der Waals surface area contributed by atoms with Gasteiger partial charge in [0, 0.05) is 36.5 Å². The fourth-order valence-electron chi connectivity index (χ4n) is 2.35. The van der Waals surface area contributed by atoms with E-state index in [9.17, 15) is 15.0 Å². The van der Waals surface area contributed by atoms with Crippen molar-refractivity contribution in [2.75, 3.05) is 0 Å². The van der Waals surface area contributed by atoms with Gasteiger partial charge in [0.1, 0.15) is 0 Å². The number of hydrogen-bond donors (Lipinski definition) is 3. The Balaban J connectivity index is 1.87. The number of phenols is 2. The van der Waals surface area contributed by atoms with E-state index in [1.165, 1.54) is 18.3 Å². The van der Waals surface area contributed by atoms with Crippen LogP contribution in [0.15, 0.2) is 47.1 Å². The summed E-state index contributed by atoms with van der Waals surface area (Å²) in [6.07, 6.45) is 9.00. The van der Waals surface area contributed by atoms with Crippen molar-refractivity contribution in [3.63, 3.8) is 0 Å². The lowest BCUT2D eigenvalue weighted by Gasteiger charge is -2.11. The molecule has 0 aliphatic carbocycles. The van der Waals surface area contributed by atoms with Gasteiger partial charge in [-0.25, -0.2) is 4.79 Å². The number of benzene rings is 1. The Kier molecular flexibility index (Phi) is 3.42. The lowest BCUT2D eigenvalue weighted by molar-refractivity contribution is -0.138. The van der Waals surface area contributed by atoms with Gasteiger partial charge in [-0.3, -0.25) is 4.99 Å². The number of aliphatic imine (C=N–C) groups is 1. The highest BCUT2D eigenvalue weighted by Gasteiger charge is 2.18. The fourth-order valence-corrected chi connectivity index (χ4v) is 2.35. The molecule has 2 heterocycles. The summed E-state index contributed by atoms with van der Waals surface area (Å²) in [6, 6.07) is 4.04. The molecule has 1 atom stereocenters. The van der Waals surface area contributed by atoms with Gasteiger partial charge in [0.2, 0.25) is 0 Å². The highest BCUT2D eigenvalue weighted by molar-refractivity contribution is 5.86. The van der Waals surface area contributed by atoms with Crippen molar-refractivity contribution in [2.45, 2.75) is 12.5 Å². The van der Waals surface area contributed by atoms with Gasteiger partial charge in [0.15, 0.2) is 17.5 Å². The second-order valence-corrected chi connectivity index (χ2v) is 5.04. The first-order valence-electron chi connectivity index (χ1n) is 6.70. The smallest absolute Gasteiger partial charge is 0.328 e. The van der Waals surface area contributed by atoms with Crippen LogP contribution in [-0.4, -0.2) is 38.1 Å². The predicted octanol–water partition coefficient (Wildman–Crippen LogP) is 2.38. The molecule has 0 saturated heterocycles. The molecule has 0 amide bonds. The average molecular weight is 298 g/mol. The number of aromatic hydroxyl groups is 2. The highest BCUT2D eigenvalue weighted by atomic mass is 16.4. The van der Waals surface area contributed by atoms with Gasteiger partial charge in [-0.1, -0.05) is 0 Å². The first kappa shape index (κ1) is 13.9. The third-order valence-electron chi connectivity index (χ3n) is 3.53. The van der Waals surface area contributed by atoms with E-state index in [1.807, 2.05) is 12.1 Å². The number of allylic oxidation sites excluding steroid dienone is 2. The molecule has 1 aliphatic rings. The molecule has 0 radical (unpaired) electrons. The number of rotatable bonds is 3. The molecule has 1 aliphatic heterocycles. The largest absolute Gasteiger partial charge is 0.504 e. The Hall–Kier alpha value is -3.02. The molecule has 112 valence electrons. The van der Waals surface area contributed by atoms with E-state index in [4.69, 9.17) is 5.11 Å². The van der Waals surface area contributed by atoms with Crippen LogP contribution in [0.2, 0.25) is 0 Å². The molecule has 0 bridgehead atoms. The summed E-state index contributed by atoms with van der Waals surface area (Å²) in [4.78, 5) is 14.8. The highest BCUT2D eigenvalue weighted by Crippen LogP contribution is 2.31. The first-order chi connectivity index (χ1) is 10.5. The second kappa shape index (κ2) is 5.40. The summed E-state index contributed by atoms with van der Waals surface area (Å²) in [7, 11) is 0. The van der Waals surface area contributed by atoms with Crippen molar-refractivity contribution in [1.82, 2.24) is 4.57 Å². The Bertz CT molecular complexity index is 830. The third-order valence-corrected chi connectivity index (χ3v) is 3.53. The summed E-state index contributed by atoms with van der Waals surface area (Å²) in [5.41, 5.74) is 1.60. The number of carbonyl (C=O) groups is 1. The minimum Gasteiger partial charge on any atom is -0.504 e. The Morgan fingerprint density at radius 1 is 1.32 bits per heavy atom. The predicted molar refractivity (Wildman–Crippen MR) is 83.2 cm³/mol. The molecule has 0 spiro atoms. The number of aliphatic carboxylic acids is 1. The average Bonchev–Trinajstić information content (AvgIpc) is 2.88. The van der Waals surface area contributed by atoms with Gasteiger partial charge < -0.3 is 19.9 Å². The van der Waals surface area contributed by atoms with Crippen molar-refractivity contribution in [3.8, 4) is 11.5 Å². The van der Waals surface area contributed by atoms with Gasteiger partial charge in [-0.15, -0.1) is 0 Å². The van der Waals surface area contributed by atoms with Gasteiger partial charge in [0.25, 0.3) is 0 Å². The van der Waals surface area contributed by atoms with Crippen molar-refractivity contribution >= 4 is 29.3 Å². The number of hydrogen-bond acceptors (Lipinski definition) is 4. The Morgan fingerprint density at radius 3 is 2.86 bits per heavy atom. The number of fused-ring (bicyclic) bond motifs is 1. The van der Waals surface area contributed by atoms with Gasteiger partial charge in [0.05, 0.1) is 5.52 Å².